The smallest absolute Gasteiger partial charge is 0.313 e. The maximum Gasteiger partial charge on any atom is 0.313 e. The molecule has 4 nitrogen and oxygen atoms in total. The van der Waals surface area contributed by atoms with Gasteiger partial charge in [-0.2, -0.15) is 0 Å². The average Bonchev–Trinajstić information content (AvgIpc) is 2.61. The van der Waals surface area contributed by atoms with Crippen molar-refractivity contribution in [2.24, 2.45) is 22.2 Å². The highest BCUT2D eigenvalue weighted by Gasteiger charge is 2.53. The van der Waals surface area contributed by atoms with Crippen molar-refractivity contribution in [2.75, 3.05) is 13.7 Å². The van der Waals surface area contributed by atoms with Crippen LogP contribution in [-0.2, 0) is 16.1 Å². The summed E-state index contributed by atoms with van der Waals surface area (Å²) in [7, 11) is 1.62. The fraction of sp³-hybridized carbons (Fsp3) is 0.708. The molecule has 28 heavy (non-hydrogen) atoms. The van der Waals surface area contributed by atoms with Crippen LogP contribution in [0, 0.1) is 22.2 Å². The van der Waals surface area contributed by atoms with Crippen molar-refractivity contribution in [2.45, 2.75) is 75.3 Å². The van der Waals surface area contributed by atoms with E-state index in [2.05, 4.69) is 55.4 Å². The van der Waals surface area contributed by atoms with Crippen molar-refractivity contribution < 1.29 is 19.0 Å². The first-order chi connectivity index (χ1) is 12.8. The molecule has 1 atom stereocenters. The van der Waals surface area contributed by atoms with Crippen LogP contribution in [0.15, 0.2) is 18.2 Å². The van der Waals surface area contributed by atoms with Gasteiger partial charge in [-0.15, -0.1) is 0 Å². The molecule has 0 aliphatic rings. The molecule has 1 aromatic carbocycles. The highest BCUT2D eigenvalue weighted by molar-refractivity contribution is 5.78. The average molecular weight is 393 g/mol. The van der Waals surface area contributed by atoms with Crippen molar-refractivity contribution in [3.8, 4) is 11.5 Å². The van der Waals surface area contributed by atoms with E-state index >= 15 is 0 Å². The number of hydrogen-bond donors (Lipinski definition) is 0. The van der Waals surface area contributed by atoms with E-state index < -0.39 is 5.41 Å². The van der Waals surface area contributed by atoms with Gasteiger partial charge in [0.1, 0.15) is 6.61 Å². The first-order valence-electron chi connectivity index (χ1n) is 10.2. The second kappa shape index (κ2) is 9.19. The summed E-state index contributed by atoms with van der Waals surface area (Å²) < 4.78 is 17.1. The highest BCUT2D eigenvalue weighted by atomic mass is 16.5. The SMILES string of the molecule is CCC(C)COc1ccc(COC(=O)C(C)(C(C)(C)C)C(C)(C)C)cc1OC. The summed E-state index contributed by atoms with van der Waals surface area (Å²) in [5.74, 6) is 1.68. The molecule has 0 amide bonds. The molecule has 0 aromatic heterocycles. The van der Waals surface area contributed by atoms with Gasteiger partial charge in [-0.25, -0.2) is 0 Å². The Hall–Kier alpha value is -1.71. The number of carbonyl (C=O) groups excluding carboxylic acids is 1. The zero-order valence-electron chi connectivity index (χ0n) is 19.6. The molecule has 1 unspecified atom stereocenters. The van der Waals surface area contributed by atoms with E-state index in [1.54, 1.807) is 7.11 Å². The van der Waals surface area contributed by atoms with Crippen LogP contribution in [0.4, 0.5) is 0 Å². The number of benzene rings is 1. The molecule has 0 radical (unpaired) electrons. The van der Waals surface area contributed by atoms with Gasteiger partial charge in [0.05, 0.1) is 19.1 Å². The Kier molecular flexibility index (Phi) is 7.99. The van der Waals surface area contributed by atoms with Gasteiger partial charge in [-0.1, -0.05) is 67.9 Å². The minimum atomic E-state index is -0.622. The summed E-state index contributed by atoms with van der Waals surface area (Å²) in [6.07, 6.45) is 1.07. The zero-order chi connectivity index (χ0) is 21.8. The molecule has 0 saturated carbocycles. The Morgan fingerprint density at radius 1 is 1.00 bits per heavy atom. The predicted molar refractivity (Wildman–Crippen MR) is 115 cm³/mol. The number of esters is 1. The molecule has 0 N–H and O–H groups in total. The van der Waals surface area contributed by atoms with Crippen LogP contribution < -0.4 is 9.47 Å². The standard InChI is InChI=1S/C24H40O4/c1-11-17(2)15-27-19-13-12-18(14-20(19)26-10)16-28-21(25)24(9,22(3,4)5)23(6,7)8/h12-14,17H,11,15-16H2,1-10H3. The highest BCUT2D eigenvalue weighted by Crippen LogP contribution is 2.52. The molecular weight excluding hydrogens is 352 g/mol. The van der Waals surface area contributed by atoms with Crippen LogP contribution in [0.2, 0.25) is 0 Å². The van der Waals surface area contributed by atoms with E-state index in [9.17, 15) is 4.79 Å². The summed E-state index contributed by atoms with van der Waals surface area (Å²) in [5, 5.41) is 0. The topological polar surface area (TPSA) is 44.8 Å². The predicted octanol–water partition coefficient (Wildman–Crippen LogP) is 6.26. The van der Waals surface area contributed by atoms with E-state index in [1.165, 1.54) is 0 Å². The number of rotatable bonds is 8. The quantitative estimate of drug-likeness (QED) is 0.490. The fourth-order valence-corrected chi connectivity index (χ4v) is 3.30. The van der Waals surface area contributed by atoms with Gasteiger partial charge in [0.2, 0.25) is 0 Å². The summed E-state index contributed by atoms with van der Waals surface area (Å²) >= 11 is 0. The molecular formula is C24H40O4. The molecule has 1 aromatic rings. The lowest BCUT2D eigenvalue weighted by Gasteiger charge is -2.48. The molecule has 0 heterocycles. The lowest BCUT2D eigenvalue weighted by atomic mass is 9.55. The maximum absolute atomic E-state index is 13.1. The van der Waals surface area contributed by atoms with E-state index in [0.29, 0.717) is 24.0 Å². The second-order valence-corrected chi connectivity index (χ2v) is 10.0. The van der Waals surface area contributed by atoms with E-state index in [4.69, 9.17) is 14.2 Å². The summed E-state index contributed by atoms with van der Waals surface area (Å²) in [4.78, 5) is 13.1. The van der Waals surface area contributed by atoms with E-state index in [1.807, 2.05) is 25.1 Å². The van der Waals surface area contributed by atoms with Crippen LogP contribution in [0.1, 0.15) is 74.3 Å². The summed E-state index contributed by atoms with van der Waals surface area (Å²) in [6, 6.07) is 5.69. The normalized spacial score (nSPS) is 13.8. The van der Waals surface area contributed by atoms with Crippen LogP contribution in [0.25, 0.3) is 0 Å². The molecule has 0 saturated heterocycles. The number of methoxy groups -OCH3 is 1. The Bertz CT molecular complexity index is 636. The van der Waals surface area contributed by atoms with Crippen LogP contribution in [-0.4, -0.2) is 19.7 Å². The van der Waals surface area contributed by atoms with Crippen LogP contribution >= 0.6 is 0 Å². The first-order valence-corrected chi connectivity index (χ1v) is 10.2. The van der Waals surface area contributed by atoms with Gasteiger partial charge < -0.3 is 14.2 Å². The summed E-state index contributed by atoms with van der Waals surface area (Å²) in [6.45, 7) is 19.7. The lowest BCUT2D eigenvalue weighted by molar-refractivity contribution is -0.174. The number of carbonyl (C=O) groups is 1. The van der Waals surface area contributed by atoms with E-state index in [-0.39, 0.29) is 23.4 Å². The fourth-order valence-electron chi connectivity index (χ4n) is 3.30. The third-order valence-electron chi connectivity index (χ3n) is 6.23. The molecule has 0 aliphatic carbocycles. The Morgan fingerprint density at radius 2 is 1.57 bits per heavy atom. The molecule has 0 fully saturated rings. The Morgan fingerprint density at radius 3 is 2.04 bits per heavy atom. The largest absolute Gasteiger partial charge is 0.493 e. The third kappa shape index (κ3) is 5.42. The van der Waals surface area contributed by atoms with Gasteiger partial charge in [0, 0.05) is 0 Å². The minimum absolute atomic E-state index is 0.177. The Labute approximate surface area is 172 Å². The molecule has 0 spiro atoms. The van der Waals surface area contributed by atoms with Gasteiger partial charge >= 0.3 is 5.97 Å². The van der Waals surface area contributed by atoms with E-state index in [0.717, 1.165) is 12.0 Å². The minimum Gasteiger partial charge on any atom is -0.493 e. The molecule has 0 bridgehead atoms. The van der Waals surface area contributed by atoms with Crippen molar-refractivity contribution in [1.82, 2.24) is 0 Å². The van der Waals surface area contributed by atoms with Crippen molar-refractivity contribution in [1.29, 1.82) is 0 Å². The Balaban J connectivity index is 2.93. The monoisotopic (exact) mass is 392 g/mol. The van der Waals surface area contributed by atoms with Crippen LogP contribution in [0.3, 0.4) is 0 Å². The van der Waals surface area contributed by atoms with Crippen molar-refractivity contribution in [3.05, 3.63) is 23.8 Å². The molecule has 4 heteroatoms. The number of ether oxygens (including phenoxy) is 3. The van der Waals surface area contributed by atoms with Gasteiger partial charge in [-0.05, 0) is 41.4 Å². The summed E-state index contributed by atoms with van der Waals surface area (Å²) in [5.41, 5.74) is -0.198. The number of hydrogen-bond acceptors (Lipinski definition) is 4. The molecule has 1 rings (SSSR count). The lowest BCUT2D eigenvalue weighted by Crippen LogP contribution is -2.50. The maximum atomic E-state index is 13.1. The van der Waals surface area contributed by atoms with Crippen molar-refractivity contribution >= 4 is 5.97 Å². The second-order valence-electron chi connectivity index (χ2n) is 10.0. The van der Waals surface area contributed by atoms with Crippen molar-refractivity contribution in [3.63, 3.8) is 0 Å². The van der Waals surface area contributed by atoms with Gasteiger partial charge in [0.15, 0.2) is 11.5 Å². The van der Waals surface area contributed by atoms with Gasteiger partial charge in [0.25, 0.3) is 0 Å². The van der Waals surface area contributed by atoms with Crippen LogP contribution in [0.5, 0.6) is 11.5 Å². The zero-order valence-corrected chi connectivity index (χ0v) is 19.6. The first kappa shape index (κ1) is 24.3. The molecule has 160 valence electrons. The third-order valence-corrected chi connectivity index (χ3v) is 6.23. The van der Waals surface area contributed by atoms with Gasteiger partial charge in [-0.3, -0.25) is 4.79 Å². The molecule has 0 aliphatic heterocycles.